The highest BCUT2D eigenvalue weighted by atomic mass is 127. The molecule has 0 amide bonds. The standard InChI is InChI=1S/C10H15IN2O2/c1-3-5-8(15-4-2)9-12-6-7(11)10(14)13-9/h6,8H,3-5H2,1-2H3,(H,12,13,14). The second-order valence-corrected chi connectivity index (χ2v) is 4.34. The summed E-state index contributed by atoms with van der Waals surface area (Å²) >= 11 is 1.96. The number of aromatic nitrogens is 2. The molecule has 0 saturated carbocycles. The number of nitrogens with zero attached hydrogens (tertiary/aromatic N) is 1. The van der Waals surface area contributed by atoms with E-state index in [2.05, 4.69) is 16.9 Å². The van der Waals surface area contributed by atoms with Crippen LogP contribution in [0, 0.1) is 3.57 Å². The molecule has 0 aliphatic carbocycles. The third-order valence-electron chi connectivity index (χ3n) is 2.00. The molecule has 1 aromatic heterocycles. The van der Waals surface area contributed by atoms with E-state index in [9.17, 15) is 4.79 Å². The minimum absolute atomic E-state index is 0.0929. The molecule has 84 valence electrons. The summed E-state index contributed by atoms with van der Waals surface area (Å²) in [6.07, 6.45) is 3.36. The van der Waals surface area contributed by atoms with Crippen molar-refractivity contribution >= 4 is 22.6 Å². The summed E-state index contributed by atoms with van der Waals surface area (Å²) in [6.45, 7) is 4.64. The molecule has 1 heterocycles. The highest BCUT2D eigenvalue weighted by Gasteiger charge is 2.13. The Balaban J connectivity index is 2.90. The molecule has 0 aromatic carbocycles. The summed E-state index contributed by atoms with van der Waals surface area (Å²) in [7, 11) is 0. The zero-order valence-electron chi connectivity index (χ0n) is 8.92. The highest BCUT2D eigenvalue weighted by molar-refractivity contribution is 14.1. The number of hydrogen-bond donors (Lipinski definition) is 1. The summed E-state index contributed by atoms with van der Waals surface area (Å²) < 4.78 is 6.13. The van der Waals surface area contributed by atoms with Gasteiger partial charge in [-0.15, -0.1) is 0 Å². The monoisotopic (exact) mass is 322 g/mol. The first-order valence-corrected chi connectivity index (χ1v) is 6.13. The van der Waals surface area contributed by atoms with Crippen LogP contribution in [0.4, 0.5) is 0 Å². The predicted molar refractivity (Wildman–Crippen MR) is 66.8 cm³/mol. The molecule has 1 N–H and O–H groups in total. The smallest absolute Gasteiger partial charge is 0.264 e. The van der Waals surface area contributed by atoms with Gasteiger partial charge in [-0.1, -0.05) is 13.3 Å². The summed E-state index contributed by atoms with van der Waals surface area (Å²) in [5, 5.41) is 0. The van der Waals surface area contributed by atoms with Gasteiger partial charge < -0.3 is 9.72 Å². The predicted octanol–water partition coefficient (Wildman–Crippen LogP) is 2.25. The minimum Gasteiger partial charge on any atom is -0.371 e. The van der Waals surface area contributed by atoms with Crippen molar-refractivity contribution in [3.63, 3.8) is 0 Å². The third kappa shape index (κ3) is 3.57. The average Bonchev–Trinajstić information content (AvgIpc) is 2.22. The number of ether oxygens (including phenoxy) is 1. The fourth-order valence-corrected chi connectivity index (χ4v) is 1.59. The van der Waals surface area contributed by atoms with Gasteiger partial charge in [-0.3, -0.25) is 4.79 Å². The van der Waals surface area contributed by atoms with E-state index >= 15 is 0 Å². The first-order valence-electron chi connectivity index (χ1n) is 5.05. The molecule has 0 bridgehead atoms. The van der Waals surface area contributed by atoms with Gasteiger partial charge in [0.2, 0.25) is 0 Å². The number of rotatable bonds is 5. The van der Waals surface area contributed by atoms with Crippen LogP contribution in [-0.4, -0.2) is 16.6 Å². The first kappa shape index (κ1) is 12.6. The lowest BCUT2D eigenvalue weighted by Gasteiger charge is -2.14. The molecule has 15 heavy (non-hydrogen) atoms. The molecule has 1 atom stereocenters. The van der Waals surface area contributed by atoms with E-state index in [0.29, 0.717) is 16.0 Å². The number of nitrogens with one attached hydrogen (secondary N) is 1. The normalized spacial score (nSPS) is 12.7. The highest BCUT2D eigenvalue weighted by Crippen LogP contribution is 2.18. The van der Waals surface area contributed by atoms with Crippen molar-refractivity contribution in [3.8, 4) is 0 Å². The topological polar surface area (TPSA) is 55.0 Å². The van der Waals surface area contributed by atoms with Crippen LogP contribution in [0.3, 0.4) is 0 Å². The molecule has 0 spiro atoms. The lowest BCUT2D eigenvalue weighted by atomic mass is 10.2. The van der Waals surface area contributed by atoms with Crippen LogP contribution < -0.4 is 5.56 Å². The van der Waals surface area contributed by atoms with Gasteiger partial charge in [0.25, 0.3) is 5.56 Å². The van der Waals surface area contributed by atoms with Crippen LogP contribution in [-0.2, 0) is 4.74 Å². The maximum atomic E-state index is 11.4. The molecule has 4 nitrogen and oxygen atoms in total. The fourth-order valence-electron chi connectivity index (χ4n) is 1.32. The van der Waals surface area contributed by atoms with Gasteiger partial charge in [-0.25, -0.2) is 4.98 Å². The Bertz CT molecular complexity index is 359. The second-order valence-electron chi connectivity index (χ2n) is 3.18. The van der Waals surface area contributed by atoms with Crippen molar-refractivity contribution in [2.75, 3.05) is 6.61 Å². The number of H-pyrrole nitrogens is 1. The van der Waals surface area contributed by atoms with E-state index in [-0.39, 0.29) is 11.7 Å². The van der Waals surface area contributed by atoms with Crippen LogP contribution in [0.2, 0.25) is 0 Å². The van der Waals surface area contributed by atoms with E-state index in [1.165, 1.54) is 0 Å². The van der Waals surface area contributed by atoms with Crippen LogP contribution in [0.1, 0.15) is 38.6 Å². The van der Waals surface area contributed by atoms with E-state index < -0.39 is 0 Å². The fraction of sp³-hybridized carbons (Fsp3) is 0.600. The van der Waals surface area contributed by atoms with Gasteiger partial charge >= 0.3 is 0 Å². The quantitative estimate of drug-likeness (QED) is 0.846. The average molecular weight is 322 g/mol. The van der Waals surface area contributed by atoms with Crippen molar-refractivity contribution in [1.82, 2.24) is 9.97 Å². The molecule has 0 fully saturated rings. The summed E-state index contributed by atoms with van der Waals surface area (Å²) in [4.78, 5) is 18.3. The Morgan fingerprint density at radius 3 is 2.87 bits per heavy atom. The van der Waals surface area contributed by atoms with Gasteiger partial charge in [-0.05, 0) is 35.9 Å². The molecule has 0 aliphatic heterocycles. The molecule has 0 aliphatic rings. The van der Waals surface area contributed by atoms with Gasteiger partial charge in [0.1, 0.15) is 11.9 Å². The van der Waals surface area contributed by atoms with Crippen molar-refractivity contribution in [2.45, 2.75) is 32.8 Å². The lowest BCUT2D eigenvalue weighted by Crippen LogP contribution is -2.18. The maximum absolute atomic E-state index is 11.4. The van der Waals surface area contributed by atoms with Crippen molar-refractivity contribution in [2.24, 2.45) is 0 Å². The Morgan fingerprint density at radius 1 is 1.60 bits per heavy atom. The van der Waals surface area contributed by atoms with E-state index in [4.69, 9.17) is 4.74 Å². The summed E-state index contributed by atoms with van der Waals surface area (Å²) in [5.74, 6) is 0.629. The Labute approximate surface area is 103 Å². The minimum atomic E-state index is -0.0959. The second kappa shape index (κ2) is 6.22. The number of hydrogen-bond acceptors (Lipinski definition) is 3. The Morgan fingerprint density at radius 2 is 2.33 bits per heavy atom. The molecular weight excluding hydrogens is 307 g/mol. The van der Waals surface area contributed by atoms with E-state index in [1.54, 1.807) is 6.20 Å². The van der Waals surface area contributed by atoms with Gasteiger partial charge in [-0.2, -0.15) is 0 Å². The molecular formula is C10H15IN2O2. The van der Waals surface area contributed by atoms with Crippen molar-refractivity contribution in [1.29, 1.82) is 0 Å². The van der Waals surface area contributed by atoms with Crippen LogP contribution in [0.5, 0.6) is 0 Å². The van der Waals surface area contributed by atoms with Crippen molar-refractivity contribution in [3.05, 3.63) is 25.9 Å². The SMILES string of the molecule is CCCC(OCC)c1ncc(I)c(=O)[nH]1. The Hall–Kier alpha value is -0.430. The molecule has 1 aromatic rings. The largest absolute Gasteiger partial charge is 0.371 e. The van der Waals surface area contributed by atoms with Crippen LogP contribution in [0.15, 0.2) is 11.0 Å². The molecule has 5 heteroatoms. The molecule has 1 rings (SSSR count). The molecule has 0 saturated heterocycles. The summed E-state index contributed by atoms with van der Waals surface area (Å²) in [5.41, 5.74) is -0.0959. The maximum Gasteiger partial charge on any atom is 0.264 e. The van der Waals surface area contributed by atoms with Gasteiger partial charge in [0.05, 0.1) is 3.57 Å². The lowest BCUT2D eigenvalue weighted by molar-refractivity contribution is 0.0491. The number of aromatic amines is 1. The molecule has 0 radical (unpaired) electrons. The zero-order valence-corrected chi connectivity index (χ0v) is 11.1. The summed E-state index contributed by atoms with van der Waals surface area (Å²) in [6, 6.07) is 0. The van der Waals surface area contributed by atoms with Crippen molar-refractivity contribution < 1.29 is 4.74 Å². The van der Waals surface area contributed by atoms with Gasteiger partial charge in [0.15, 0.2) is 0 Å². The van der Waals surface area contributed by atoms with E-state index in [1.807, 2.05) is 29.5 Å². The van der Waals surface area contributed by atoms with Crippen LogP contribution >= 0.6 is 22.6 Å². The van der Waals surface area contributed by atoms with Gasteiger partial charge in [0, 0.05) is 12.8 Å². The Kier molecular flexibility index (Phi) is 5.24. The van der Waals surface area contributed by atoms with Crippen LogP contribution in [0.25, 0.3) is 0 Å². The zero-order chi connectivity index (χ0) is 11.3. The number of halogens is 1. The first-order chi connectivity index (χ1) is 7.19. The third-order valence-corrected chi connectivity index (χ3v) is 2.77. The van der Waals surface area contributed by atoms with E-state index in [0.717, 1.165) is 12.8 Å². The molecule has 1 unspecified atom stereocenters.